The van der Waals surface area contributed by atoms with Crippen LogP contribution in [0, 0.1) is 0 Å². The van der Waals surface area contributed by atoms with E-state index in [1.165, 1.54) is 0 Å². The van der Waals surface area contributed by atoms with Crippen molar-refractivity contribution in [1.82, 2.24) is 5.32 Å². The number of ether oxygens (including phenoxy) is 2. The van der Waals surface area contributed by atoms with Crippen LogP contribution >= 0.6 is 0 Å². The molecule has 0 fully saturated rings. The zero-order valence-corrected chi connectivity index (χ0v) is 12.9. The molecule has 0 bridgehead atoms. The van der Waals surface area contributed by atoms with Crippen molar-refractivity contribution in [2.45, 2.75) is 12.8 Å². The first-order valence-electron chi connectivity index (χ1n) is 7.78. The molecule has 122 valence electrons. The van der Waals surface area contributed by atoms with Crippen LogP contribution in [-0.2, 0) is 17.6 Å². The number of amides is 2. The zero-order valence-electron chi connectivity index (χ0n) is 12.9. The molecule has 0 saturated heterocycles. The number of carbonyl (C=O) groups is 2. The third kappa shape index (κ3) is 2.78. The molecule has 2 aliphatic heterocycles. The van der Waals surface area contributed by atoms with Gasteiger partial charge in [0.2, 0.25) is 12.7 Å². The van der Waals surface area contributed by atoms with Gasteiger partial charge in [-0.3, -0.25) is 9.59 Å². The van der Waals surface area contributed by atoms with E-state index in [0.29, 0.717) is 36.4 Å². The highest BCUT2D eigenvalue weighted by atomic mass is 16.7. The lowest BCUT2D eigenvalue weighted by molar-refractivity contribution is -0.115. The monoisotopic (exact) mass is 324 g/mol. The van der Waals surface area contributed by atoms with Crippen molar-refractivity contribution >= 4 is 17.5 Å². The molecule has 4 rings (SSSR count). The molecule has 0 unspecified atom stereocenters. The Morgan fingerprint density at radius 3 is 2.92 bits per heavy atom. The van der Waals surface area contributed by atoms with E-state index in [1.54, 1.807) is 18.2 Å². The molecule has 2 N–H and O–H groups in total. The Bertz CT molecular complexity index is 832. The van der Waals surface area contributed by atoms with Gasteiger partial charge in [0.15, 0.2) is 11.5 Å². The van der Waals surface area contributed by atoms with Crippen LogP contribution in [0.1, 0.15) is 21.5 Å². The van der Waals surface area contributed by atoms with Crippen molar-refractivity contribution in [2.24, 2.45) is 0 Å². The molecule has 2 aromatic carbocycles. The summed E-state index contributed by atoms with van der Waals surface area (Å²) >= 11 is 0. The summed E-state index contributed by atoms with van der Waals surface area (Å²) in [6, 6.07) is 11.0. The van der Waals surface area contributed by atoms with Crippen LogP contribution in [0.5, 0.6) is 11.5 Å². The van der Waals surface area contributed by atoms with Crippen LogP contribution in [0.2, 0.25) is 0 Å². The average Bonchev–Trinajstić information content (AvgIpc) is 3.18. The fourth-order valence-corrected chi connectivity index (χ4v) is 2.90. The Kier molecular flexibility index (Phi) is 3.57. The highest BCUT2D eigenvalue weighted by Gasteiger charge is 2.18. The van der Waals surface area contributed by atoms with Crippen molar-refractivity contribution in [3.8, 4) is 11.5 Å². The normalized spacial score (nSPS) is 14.2. The highest BCUT2D eigenvalue weighted by Crippen LogP contribution is 2.32. The van der Waals surface area contributed by atoms with Gasteiger partial charge in [0.25, 0.3) is 5.91 Å². The van der Waals surface area contributed by atoms with E-state index in [2.05, 4.69) is 10.6 Å². The number of rotatable bonds is 4. The highest BCUT2D eigenvalue weighted by molar-refractivity contribution is 5.99. The molecule has 0 aromatic heterocycles. The first kappa shape index (κ1) is 14.6. The molecule has 0 aliphatic carbocycles. The molecule has 24 heavy (non-hydrogen) atoms. The number of benzene rings is 2. The van der Waals surface area contributed by atoms with Crippen LogP contribution in [0.3, 0.4) is 0 Å². The second-order valence-electron chi connectivity index (χ2n) is 5.79. The van der Waals surface area contributed by atoms with Gasteiger partial charge in [-0.2, -0.15) is 0 Å². The van der Waals surface area contributed by atoms with Crippen molar-refractivity contribution < 1.29 is 19.1 Å². The van der Waals surface area contributed by atoms with Gasteiger partial charge in [0.1, 0.15) is 0 Å². The molecule has 6 heteroatoms. The van der Waals surface area contributed by atoms with Crippen molar-refractivity contribution in [2.75, 3.05) is 18.7 Å². The quantitative estimate of drug-likeness (QED) is 0.900. The summed E-state index contributed by atoms with van der Waals surface area (Å²) in [7, 11) is 0. The van der Waals surface area contributed by atoms with E-state index in [4.69, 9.17) is 9.47 Å². The maximum absolute atomic E-state index is 12.2. The summed E-state index contributed by atoms with van der Waals surface area (Å²) in [5.74, 6) is 1.14. The van der Waals surface area contributed by atoms with Crippen molar-refractivity contribution in [1.29, 1.82) is 0 Å². The molecule has 2 aliphatic rings. The number of nitrogens with one attached hydrogen (secondary N) is 2. The Hall–Kier alpha value is -3.02. The fraction of sp³-hybridized carbons (Fsp3) is 0.222. The predicted molar refractivity (Wildman–Crippen MR) is 87.4 cm³/mol. The SMILES string of the molecule is O=C1Cc2cc(CCNC(=O)c3ccc4c(c3)OCO4)ccc2N1. The van der Waals surface area contributed by atoms with E-state index in [0.717, 1.165) is 16.8 Å². The Balaban J connectivity index is 1.35. The molecule has 0 atom stereocenters. The van der Waals surface area contributed by atoms with E-state index < -0.39 is 0 Å². The minimum absolute atomic E-state index is 0.0262. The van der Waals surface area contributed by atoms with Crippen molar-refractivity contribution in [3.63, 3.8) is 0 Å². The Morgan fingerprint density at radius 2 is 2.00 bits per heavy atom. The van der Waals surface area contributed by atoms with Gasteiger partial charge in [0.05, 0.1) is 6.42 Å². The first-order valence-corrected chi connectivity index (χ1v) is 7.78. The number of hydrogen-bond acceptors (Lipinski definition) is 4. The van der Waals surface area contributed by atoms with E-state index in [1.807, 2.05) is 18.2 Å². The summed E-state index contributed by atoms with van der Waals surface area (Å²) in [4.78, 5) is 23.6. The van der Waals surface area contributed by atoms with Crippen LogP contribution in [-0.4, -0.2) is 25.2 Å². The maximum atomic E-state index is 12.2. The van der Waals surface area contributed by atoms with E-state index in [-0.39, 0.29) is 18.6 Å². The second-order valence-corrected chi connectivity index (χ2v) is 5.79. The lowest BCUT2D eigenvalue weighted by Crippen LogP contribution is -2.25. The van der Waals surface area contributed by atoms with Crippen LogP contribution in [0.25, 0.3) is 0 Å². The molecule has 2 amide bonds. The molecule has 2 aromatic rings. The molecule has 2 heterocycles. The third-order valence-corrected chi connectivity index (χ3v) is 4.13. The van der Waals surface area contributed by atoms with E-state index >= 15 is 0 Å². The van der Waals surface area contributed by atoms with Gasteiger partial charge in [-0.15, -0.1) is 0 Å². The fourth-order valence-electron chi connectivity index (χ4n) is 2.90. The van der Waals surface area contributed by atoms with Gasteiger partial charge < -0.3 is 20.1 Å². The standard InChI is InChI=1S/C18H16N2O4/c21-17-9-13-7-11(1-3-14(13)20-17)5-6-19-18(22)12-2-4-15-16(8-12)24-10-23-15/h1-4,7-8H,5-6,9-10H2,(H,19,22)(H,20,21). The summed E-state index contributed by atoms with van der Waals surface area (Å²) in [6.45, 7) is 0.712. The van der Waals surface area contributed by atoms with Gasteiger partial charge >= 0.3 is 0 Å². The number of hydrogen-bond donors (Lipinski definition) is 2. The average molecular weight is 324 g/mol. The minimum Gasteiger partial charge on any atom is -0.454 e. The Labute approximate surface area is 138 Å². The van der Waals surface area contributed by atoms with E-state index in [9.17, 15) is 9.59 Å². The molecule has 0 radical (unpaired) electrons. The molecule has 0 spiro atoms. The molecule has 6 nitrogen and oxygen atoms in total. The topological polar surface area (TPSA) is 76.7 Å². The summed E-state index contributed by atoms with van der Waals surface area (Å²) < 4.78 is 10.5. The first-order chi connectivity index (χ1) is 11.7. The lowest BCUT2D eigenvalue weighted by Gasteiger charge is -2.07. The number of fused-ring (bicyclic) bond motifs is 2. The smallest absolute Gasteiger partial charge is 0.251 e. The van der Waals surface area contributed by atoms with Crippen LogP contribution in [0.15, 0.2) is 36.4 Å². The van der Waals surface area contributed by atoms with Gasteiger partial charge in [-0.05, 0) is 41.8 Å². The summed E-state index contributed by atoms with van der Waals surface area (Å²) in [5.41, 5.74) is 3.53. The summed E-state index contributed by atoms with van der Waals surface area (Å²) in [6.07, 6.45) is 1.13. The maximum Gasteiger partial charge on any atom is 0.251 e. The largest absolute Gasteiger partial charge is 0.454 e. The van der Waals surface area contributed by atoms with Gasteiger partial charge in [-0.25, -0.2) is 0 Å². The van der Waals surface area contributed by atoms with Crippen LogP contribution in [0.4, 0.5) is 5.69 Å². The Morgan fingerprint density at radius 1 is 1.12 bits per heavy atom. The van der Waals surface area contributed by atoms with Crippen LogP contribution < -0.4 is 20.1 Å². The van der Waals surface area contributed by atoms with Gasteiger partial charge in [0, 0.05) is 17.8 Å². The predicted octanol–water partition coefficient (Wildman–Crippen LogP) is 1.88. The van der Waals surface area contributed by atoms with Gasteiger partial charge in [-0.1, -0.05) is 12.1 Å². The lowest BCUT2D eigenvalue weighted by atomic mass is 10.1. The molecular weight excluding hydrogens is 308 g/mol. The zero-order chi connectivity index (χ0) is 16.5. The number of anilines is 1. The summed E-state index contributed by atoms with van der Waals surface area (Å²) in [5, 5.41) is 5.71. The number of carbonyl (C=O) groups excluding carboxylic acids is 2. The van der Waals surface area contributed by atoms with Crippen molar-refractivity contribution in [3.05, 3.63) is 53.1 Å². The second kappa shape index (κ2) is 5.88. The molecular formula is C18H16N2O4. The molecule has 0 saturated carbocycles. The third-order valence-electron chi connectivity index (χ3n) is 4.13. The minimum atomic E-state index is -0.147.